The van der Waals surface area contributed by atoms with E-state index in [0.29, 0.717) is 41.6 Å². The van der Waals surface area contributed by atoms with E-state index in [2.05, 4.69) is 47.7 Å². The Morgan fingerprint density at radius 2 is 1.67 bits per heavy atom. The second kappa shape index (κ2) is 11.7. The van der Waals surface area contributed by atoms with Gasteiger partial charge < -0.3 is 10.1 Å². The number of hydrogen-bond donors (Lipinski definition) is 2. The average molecular weight is 614 g/mol. The van der Waals surface area contributed by atoms with Crippen molar-refractivity contribution in [3.8, 4) is 5.75 Å². The van der Waals surface area contributed by atoms with Crippen molar-refractivity contribution >= 4 is 78.8 Å². The van der Waals surface area contributed by atoms with Crippen molar-refractivity contribution < 1.29 is 14.3 Å². The van der Waals surface area contributed by atoms with Gasteiger partial charge in [0, 0.05) is 11.3 Å². The first kappa shape index (κ1) is 25.2. The molecule has 0 aliphatic carbocycles. The number of benzene rings is 3. The van der Waals surface area contributed by atoms with Gasteiger partial charge in [0.1, 0.15) is 5.75 Å². The summed E-state index contributed by atoms with van der Waals surface area (Å²) in [6.07, 6.45) is 1.50. The highest BCUT2D eigenvalue weighted by molar-refractivity contribution is 9.11. The Bertz CT molecular complexity index is 1200. The summed E-state index contributed by atoms with van der Waals surface area (Å²) in [5.74, 6) is -0.228. The monoisotopic (exact) mass is 611 g/mol. The number of anilines is 1. The summed E-state index contributed by atoms with van der Waals surface area (Å²) in [5.41, 5.74) is 5.28. The first-order chi connectivity index (χ1) is 15.7. The van der Waals surface area contributed by atoms with Crippen molar-refractivity contribution in [1.29, 1.82) is 0 Å². The highest BCUT2D eigenvalue weighted by atomic mass is 79.9. The van der Waals surface area contributed by atoms with Crippen LogP contribution in [0.15, 0.2) is 68.6 Å². The molecule has 3 rings (SSSR count). The van der Waals surface area contributed by atoms with Crippen LogP contribution in [0.4, 0.5) is 5.69 Å². The quantitative estimate of drug-likeness (QED) is 0.233. The highest BCUT2D eigenvalue weighted by Gasteiger charge is 2.12. The van der Waals surface area contributed by atoms with Crippen molar-refractivity contribution in [3.63, 3.8) is 0 Å². The summed E-state index contributed by atoms with van der Waals surface area (Å²) in [7, 11) is 0. The molecule has 0 unspecified atom stereocenters. The van der Waals surface area contributed by atoms with E-state index < -0.39 is 0 Å². The minimum Gasteiger partial charge on any atom is -0.481 e. The van der Waals surface area contributed by atoms with Crippen molar-refractivity contribution in [1.82, 2.24) is 5.43 Å². The van der Waals surface area contributed by atoms with Gasteiger partial charge in [0.05, 0.1) is 25.2 Å². The smallest absolute Gasteiger partial charge is 0.271 e. The van der Waals surface area contributed by atoms with E-state index in [1.165, 1.54) is 6.21 Å². The van der Waals surface area contributed by atoms with Gasteiger partial charge in [0.15, 0.2) is 6.61 Å². The maximum atomic E-state index is 12.2. The summed E-state index contributed by atoms with van der Waals surface area (Å²) >= 11 is 18.7. The molecule has 2 amide bonds. The summed E-state index contributed by atoms with van der Waals surface area (Å²) in [6.45, 7) is 1.72. The standard InChI is InChI=1S/C23H17Br2Cl2N3O3/c1-13-2-4-15(5-3-13)23(32)30-28-11-14-8-17(24)22(18(25)9-14)33-12-21(31)29-16-6-7-19(26)20(27)10-16/h2-11H,12H2,1H3,(H,29,31)(H,30,32)/b28-11+. The van der Waals surface area contributed by atoms with Gasteiger partial charge >= 0.3 is 0 Å². The Hall–Kier alpha value is -2.39. The van der Waals surface area contributed by atoms with E-state index in [1.54, 1.807) is 42.5 Å². The number of aryl methyl sites for hydroxylation is 1. The zero-order chi connectivity index (χ0) is 24.0. The molecule has 0 aliphatic rings. The molecule has 170 valence electrons. The molecule has 6 nitrogen and oxygen atoms in total. The number of halogens is 4. The van der Waals surface area contributed by atoms with Gasteiger partial charge in [-0.25, -0.2) is 5.43 Å². The summed E-state index contributed by atoms with van der Waals surface area (Å²) in [5, 5.41) is 7.42. The minimum atomic E-state index is -0.364. The second-order valence-corrected chi connectivity index (χ2v) is 9.37. The fraction of sp³-hybridized carbons (Fsp3) is 0.0870. The first-order valence-corrected chi connectivity index (χ1v) is 11.8. The lowest BCUT2D eigenvalue weighted by atomic mass is 10.1. The van der Waals surface area contributed by atoms with Crippen LogP contribution in [0.5, 0.6) is 5.75 Å². The van der Waals surface area contributed by atoms with Gasteiger partial charge in [-0.2, -0.15) is 5.10 Å². The number of rotatable bonds is 7. The van der Waals surface area contributed by atoms with E-state index in [4.69, 9.17) is 27.9 Å². The molecular weight excluding hydrogens is 597 g/mol. The molecule has 0 atom stereocenters. The molecule has 0 aliphatic heterocycles. The lowest BCUT2D eigenvalue weighted by Gasteiger charge is -2.12. The van der Waals surface area contributed by atoms with Crippen molar-refractivity contribution in [2.75, 3.05) is 11.9 Å². The van der Waals surface area contributed by atoms with Gasteiger partial charge in [-0.3, -0.25) is 9.59 Å². The number of nitrogens with zero attached hydrogens (tertiary/aromatic N) is 1. The highest BCUT2D eigenvalue weighted by Crippen LogP contribution is 2.34. The fourth-order valence-corrected chi connectivity index (χ4v) is 4.38. The summed E-state index contributed by atoms with van der Waals surface area (Å²) in [6, 6.07) is 15.5. The maximum absolute atomic E-state index is 12.2. The summed E-state index contributed by atoms with van der Waals surface area (Å²) in [4.78, 5) is 24.3. The van der Waals surface area contributed by atoms with Crippen molar-refractivity contribution in [3.05, 3.63) is 90.3 Å². The molecule has 10 heteroatoms. The van der Waals surface area contributed by atoms with Crippen molar-refractivity contribution in [2.45, 2.75) is 6.92 Å². The molecule has 3 aromatic rings. The number of amides is 2. The SMILES string of the molecule is Cc1ccc(C(=O)N/N=C/c2cc(Br)c(OCC(=O)Nc3ccc(Cl)c(Cl)c3)c(Br)c2)cc1. The predicted molar refractivity (Wildman–Crippen MR) is 139 cm³/mol. The Morgan fingerprint density at radius 1 is 1.00 bits per heavy atom. The van der Waals surface area contributed by atoms with E-state index in [9.17, 15) is 9.59 Å². The van der Waals surface area contributed by atoms with Crippen LogP contribution >= 0.6 is 55.1 Å². The minimum absolute atomic E-state index is 0.225. The zero-order valence-electron chi connectivity index (χ0n) is 17.2. The number of hydrazone groups is 1. The topological polar surface area (TPSA) is 79.8 Å². The molecule has 0 radical (unpaired) electrons. The molecule has 33 heavy (non-hydrogen) atoms. The molecule has 0 spiro atoms. The van der Waals surface area contributed by atoms with Crippen LogP contribution < -0.4 is 15.5 Å². The van der Waals surface area contributed by atoms with Gasteiger partial charge in [0.2, 0.25) is 0 Å². The predicted octanol–water partition coefficient (Wildman–Crippen LogP) is 6.61. The Balaban J connectivity index is 1.58. The molecule has 3 aromatic carbocycles. The van der Waals surface area contributed by atoms with Gasteiger partial charge in [-0.1, -0.05) is 40.9 Å². The molecule has 0 saturated carbocycles. The van der Waals surface area contributed by atoms with E-state index in [1.807, 2.05) is 19.1 Å². The van der Waals surface area contributed by atoms with E-state index >= 15 is 0 Å². The van der Waals surface area contributed by atoms with Crippen LogP contribution in [-0.4, -0.2) is 24.6 Å². The molecule has 0 heterocycles. The van der Waals surface area contributed by atoms with Crippen LogP contribution in [0.25, 0.3) is 0 Å². The Kier molecular flexibility index (Phi) is 8.91. The van der Waals surface area contributed by atoms with E-state index in [0.717, 1.165) is 5.56 Å². The maximum Gasteiger partial charge on any atom is 0.271 e. The molecular formula is C23H17Br2Cl2N3O3. The third kappa shape index (κ3) is 7.30. The van der Waals surface area contributed by atoms with E-state index in [-0.39, 0.29) is 18.4 Å². The molecule has 2 N–H and O–H groups in total. The Labute approximate surface area is 217 Å². The average Bonchev–Trinajstić information content (AvgIpc) is 2.76. The van der Waals surface area contributed by atoms with Crippen LogP contribution in [-0.2, 0) is 4.79 Å². The molecule has 0 saturated heterocycles. The number of hydrogen-bond acceptors (Lipinski definition) is 4. The summed E-state index contributed by atoms with van der Waals surface area (Å²) < 4.78 is 6.85. The van der Waals surface area contributed by atoms with Crippen molar-refractivity contribution in [2.24, 2.45) is 5.10 Å². The second-order valence-electron chi connectivity index (χ2n) is 6.84. The third-order valence-corrected chi connectivity index (χ3v) is 6.18. The Morgan fingerprint density at radius 3 is 2.30 bits per heavy atom. The van der Waals surface area contributed by atoms with Gasteiger partial charge in [0.25, 0.3) is 11.8 Å². The van der Waals surface area contributed by atoms with Crippen LogP contribution in [0, 0.1) is 6.92 Å². The number of carbonyl (C=O) groups is 2. The largest absolute Gasteiger partial charge is 0.481 e. The molecule has 0 bridgehead atoms. The van der Waals surface area contributed by atoms with Gasteiger partial charge in [-0.15, -0.1) is 0 Å². The third-order valence-electron chi connectivity index (χ3n) is 4.27. The van der Waals surface area contributed by atoms with Crippen LogP contribution in [0.1, 0.15) is 21.5 Å². The number of nitrogens with one attached hydrogen (secondary N) is 2. The van der Waals surface area contributed by atoms with Crippen LogP contribution in [0.3, 0.4) is 0 Å². The molecule has 0 aromatic heterocycles. The fourth-order valence-electron chi connectivity index (χ4n) is 2.64. The normalized spacial score (nSPS) is 10.8. The lowest BCUT2D eigenvalue weighted by molar-refractivity contribution is -0.118. The lowest BCUT2D eigenvalue weighted by Crippen LogP contribution is -2.20. The van der Waals surface area contributed by atoms with Crippen LogP contribution in [0.2, 0.25) is 10.0 Å². The molecule has 0 fully saturated rings. The zero-order valence-corrected chi connectivity index (χ0v) is 21.8. The number of carbonyl (C=O) groups excluding carboxylic acids is 2. The first-order valence-electron chi connectivity index (χ1n) is 9.50. The number of ether oxygens (including phenoxy) is 1. The van der Waals surface area contributed by atoms with Gasteiger partial charge in [-0.05, 0) is 86.8 Å².